The van der Waals surface area contributed by atoms with Crippen molar-refractivity contribution >= 4 is 17.2 Å². The Morgan fingerprint density at radius 3 is 2.55 bits per heavy atom. The van der Waals surface area contributed by atoms with Crippen molar-refractivity contribution in [3.05, 3.63) is 71.1 Å². The second-order valence-corrected chi connectivity index (χ2v) is 8.80. The Hall–Kier alpha value is -2.60. The van der Waals surface area contributed by atoms with Crippen LogP contribution in [-0.4, -0.2) is 45.0 Å². The second kappa shape index (κ2) is 8.50. The maximum atomic E-state index is 6.15. The summed E-state index contributed by atoms with van der Waals surface area (Å²) in [5.74, 6) is 0. The SMILES string of the molecule is Cc1ccc(-c2ccc3nc(-c4ccc(Cl)cc4)c(CN4CCCNCC4)n3c2)n1C. The summed E-state index contributed by atoms with van der Waals surface area (Å²) in [5.41, 5.74) is 8.00. The van der Waals surface area contributed by atoms with Gasteiger partial charge in [0.05, 0.1) is 11.4 Å². The smallest absolute Gasteiger partial charge is 0.137 e. The van der Waals surface area contributed by atoms with E-state index in [1.54, 1.807) is 0 Å². The van der Waals surface area contributed by atoms with E-state index >= 15 is 0 Å². The maximum Gasteiger partial charge on any atom is 0.137 e. The zero-order chi connectivity index (χ0) is 21.4. The van der Waals surface area contributed by atoms with Gasteiger partial charge >= 0.3 is 0 Å². The summed E-state index contributed by atoms with van der Waals surface area (Å²) < 4.78 is 4.51. The third-order valence-electron chi connectivity index (χ3n) is 6.31. The maximum absolute atomic E-state index is 6.15. The van der Waals surface area contributed by atoms with E-state index in [1.807, 2.05) is 12.1 Å². The van der Waals surface area contributed by atoms with Gasteiger partial charge in [-0.15, -0.1) is 0 Å². The molecule has 1 aliphatic heterocycles. The zero-order valence-corrected chi connectivity index (χ0v) is 18.9. The molecule has 1 fully saturated rings. The van der Waals surface area contributed by atoms with Gasteiger partial charge in [0, 0.05) is 60.4 Å². The Morgan fingerprint density at radius 2 is 1.77 bits per heavy atom. The van der Waals surface area contributed by atoms with Crippen molar-refractivity contribution in [3.63, 3.8) is 0 Å². The Bertz CT molecular complexity index is 1200. The number of pyridine rings is 1. The van der Waals surface area contributed by atoms with Crippen LogP contribution in [0.4, 0.5) is 0 Å². The molecule has 4 heterocycles. The molecule has 5 rings (SSSR count). The first-order chi connectivity index (χ1) is 15.1. The van der Waals surface area contributed by atoms with Gasteiger partial charge in [0.1, 0.15) is 5.65 Å². The number of hydrogen-bond donors (Lipinski definition) is 1. The molecule has 5 nitrogen and oxygen atoms in total. The first-order valence-corrected chi connectivity index (χ1v) is 11.3. The molecule has 0 unspecified atom stereocenters. The van der Waals surface area contributed by atoms with E-state index in [2.05, 4.69) is 75.8 Å². The lowest BCUT2D eigenvalue weighted by atomic mass is 10.1. The molecule has 0 saturated carbocycles. The third-order valence-corrected chi connectivity index (χ3v) is 6.56. The van der Waals surface area contributed by atoms with E-state index in [-0.39, 0.29) is 0 Å². The quantitative estimate of drug-likeness (QED) is 0.504. The minimum atomic E-state index is 0.744. The van der Waals surface area contributed by atoms with Crippen LogP contribution in [0, 0.1) is 6.92 Å². The molecule has 1 aromatic carbocycles. The lowest BCUT2D eigenvalue weighted by molar-refractivity contribution is 0.281. The first-order valence-electron chi connectivity index (χ1n) is 10.9. The Morgan fingerprint density at radius 1 is 0.968 bits per heavy atom. The van der Waals surface area contributed by atoms with E-state index in [0.717, 1.165) is 54.7 Å². The molecule has 160 valence electrons. The summed E-state index contributed by atoms with van der Waals surface area (Å²) in [4.78, 5) is 7.56. The molecule has 0 spiro atoms. The van der Waals surface area contributed by atoms with E-state index in [0.29, 0.717) is 0 Å². The van der Waals surface area contributed by atoms with Crippen LogP contribution in [0.1, 0.15) is 17.8 Å². The summed E-state index contributed by atoms with van der Waals surface area (Å²) in [5, 5.41) is 4.25. The highest BCUT2D eigenvalue weighted by Crippen LogP contribution is 2.29. The molecular formula is C25H28ClN5. The van der Waals surface area contributed by atoms with Gasteiger partial charge in [-0.1, -0.05) is 23.7 Å². The van der Waals surface area contributed by atoms with Crippen LogP contribution < -0.4 is 5.32 Å². The number of halogens is 1. The number of benzene rings is 1. The summed E-state index contributed by atoms with van der Waals surface area (Å²) in [6.07, 6.45) is 3.41. The van der Waals surface area contributed by atoms with E-state index < -0.39 is 0 Å². The van der Waals surface area contributed by atoms with Gasteiger partial charge in [0.25, 0.3) is 0 Å². The minimum absolute atomic E-state index is 0.744. The fourth-order valence-electron chi connectivity index (χ4n) is 4.41. The molecule has 0 amide bonds. The molecule has 1 aliphatic rings. The molecule has 0 radical (unpaired) electrons. The predicted octanol–water partition coefficient (Wildman–Crippen LogP) is 4.76. The number of rotatable bonds is 4. The van der Waals surface area contributed by atoms with Crippen molar-refractivity contribution < 1.29 is 0 Å². The fraction of sp³-hybridized carbons (Fsp3) is 0.320. The van der Waals surface area contributed by atoms with Crippen molar-refractivity contribution in [2.24, 2.45) is 7.05 Å². The highest BCUT2D eigenvalue weighted by atomic mass is 35.5. The van der Waals surface area contributed by atoms with E-state index in [9.17, 15) is 0 Å². The summed E-state index contributed by atoms with van der Waals surface area (Å²) in [6, 6.07) is 16.7. The average Bonchev–Trinajstić information content (AvgIpc) is 3.16. The predicted molar refractivity (Wildman–Crippen MR) is 128 cm³/mol. The van der Waals surface area contributed by atoms with Crippen molar-refractivity contribution in [3.8, 4) is 22.5 Å². The van der Waals surface area contributed by atoms with Crippen molar-refractivity contribution in [1.29, 1.82) is 0 Å². The minimum Gasteiger partial charge on any atom is -0.348 e. The Kier molecular flexibility index (Phi) is 5.57. The van der Waals surface area contributed by atoms with E-state index in [4.69, 9.17) is 16.6 Å². The van der Waals surface area contributed by atoms with Gasteiger partial charge in [-0.05, 0) is 62.8 Å². The number of hydrogen-bond acceptors (Lipinski definition) is 3. The first kappa shape index (κ1) is 20.3. The lowest BCUT2D eigenvalue weighted by Gasteiger charge is -2.20. The topological polar surface area (TPSA) is 37.5 Å². The van der Waals surface area contributed by atoms with Gasteiger partial charge in [0.2, 0.25) is 0 Å². The van der Waals surface area contributed by atoms with Gasteiger partial charge in [-0.3, -0.25) is 4.90 Å². The second-order valence-electron chi connectivity index (χ2n) is 8.36. The number of aryl methyl sites for hydroxylation is 1. The Balaban J connectivity index is 1.64. The summed E-state index contributed by atoms with van der Waals surface area (Å²) >= 11 is 6.15. The molecule has 0 bridgehead atoms. The van der Waals surface area contributed by atoms with Gasteiger partial charge in [-0.25, -0.2) is 4.98 Å². The van der Waals surface area contributed by atoms with Crippen molar-refractivity contribution in [2.75, 3.05) is 26.2 Å². The molecule has 6 heteroatoms. The molecular weight excluding hydrogens is 406 g/mol. The monoisotopic (exact) mass is 433 g/mol. The van der Waals surface area contributed by atoms with Crippen LogP contribution >= 0.6 is 11.6 Å². The van der Waals surface area contributed by atoms with Crippen LogP contribution in [0.3, 0.4) is 0 Å². The highest BCUT2D eigenvalue weighted by molar-refractivity contribution is 6.30. The van der Waals surface area contributed by atoms with Crippen LogP contribution in [-0.2, 0) is 13.6 Å². The molecule has 31 heavy (non-hydrogen) atoms. The molecule has 0 atom stereocenters. The number of fused-ring (bicyclic) bond motifs is 1. The average molecular weight is 434 g/mol. The Labute approximate surface area is 188 Å². The largest absolute Gasteiger partial charge is 0.348 e. The number of imidazole rings is 1. The highest BCUT2D eigenvalue weighted by Gasteiger charge is 2.19. The molecule has 4 aromatic rings. The molecule has 0 aliphatic carbocycles. The summed E-state index contributed by atoms with van der Waals surface area (Å²) in [7, 11) is 2.12. The zero-order valence-electron chi connectivity index (χ0n) is 18.1. The lowest BCUT2D eigenvalue weighted by Crippen LogP contribution is -2.28. The van der Waals surface area contributed by atoms with Gasteiger partial charge < -0.3 is 14.3 Å². The molecule has 1 saturated heterocycles. The van der Waals surface area contributed by atoms with Crippen LogP contribution in [0.5, 0.6) is 0 Å². The van der Waals surface area contributed by atoms with Crippen molar-refractivity contribution in [1.82, 2.24) is 24.2 Å². The normalized spacial score (nSPS) is 15.5. The standard InChI is InChI=1S/C25H28ClN5/c1-18-4-10-22(29(18)2)20-7-11-24-28-25(19-5-8-21(26)9-6-19)23(31(24)16-20)17-30-14-3-12-27-13-15-30/h4-11,16,27H,3,12-15,17H2,1-2H3. The number of nitrogens with one attached hydrogen (secondary N) is 1. The van der Waals surface area contributed by atoms with Crippen molar-refractivity contribution in [2.45, 2.75) is 19.9 Å². The van der Waals surface area contributed by atoms with Gasteiger partial charge in [-0.2, -0.15) is 0 Å². The van der Waals surface area contributed by atoms with Crippen LogP contribution in [0.25, 0.3) is 28.2 Å². The fourth-order valence-corrected chi connectivity index (χ4v) is 4.54. The third kappa shape index (κ3) is 4.01. The number of aromatic nitrogens is 3. The van der Waals surface area contributed by atoms with Crippen LogP contribution in [0.2, 0.25) is 5.02 Å². The van der Waals surface area contributed by atoms with Gasteiger partial charge in [0.15, 0.2) is 0 Å². The summed E-state index contributed by atoms with van der Waals surface area (Å²) in [6.45, 7) is 7.26. The van der Waals surface area contributed by atoms with Crippen LogP contribution in [0.15, 0.2) is 54.7 Å². The van der Waals surface area contributed by atoms with E-state index in [1.165, 1.54) is 29.1 Å². The molecule has 3 aromatic heterocycles. The molecule has 1 N–H and O–H groups in total. The number of nitrogens with zero attached hydrogens (tertiary/aromatic N) is 4.